The molecule has 0 saturated heterocycles. The average Bonchev–Trinajstić information content (AvgIpc) is 2.92. The monoisotopic (exact) mass is 326 g/mol. The van der Waals surface area contributed by atoms with Gasteiger partial charge >= 0.3 is 6.09 Å². The highest BCUT2D eigenvalue weighted by Crippen LogP contribution is 2.43. The second-order valence-corrected chi connectivity index (χ2v) is 6.78. The second kappa shape index (κ2) is 5.13. The summed E-state index contributed by atoms with van der Waals surface area (Å²) in [6.45, 7) is 5.52. The van der Waals surface area contributed by atoms with Crippen LogP contribution in [-0.4, -0.2) is 17.7 Å². The molecular formula is C14H19BrN2O2. The lowest BCUT2D eigenvalue weighted by Gasteiger charge is -2.20. The van der Waals surface area contributed by atoms with E-state index in [1.54, 1.807) is 0 Å². The minimum Gasteiger partial charge on any atom is -0.444 e. The van der Waals surface area contributed by atoms with Crippen molar-refractivity contribution >= 4 is 27.7 Å². The minimum atomic E-state index is -0.508. The number of carbonyl (C=O) groups is 1. The van der Waals surface area contributed by atoms with Crippen molar-refractivity contribution < 1.29 is 9.53 Å². The smallest absolute Gasteiger partial charge is 0.412 e. The molecule has 0 bridgehead atoms. The van der Waals surface area contributed by atoms with Crippen LogP contribution in [0.1, 0.15) is 38.7 Å². The molecule has 2 rings (SSSR count). The van der Waals surface area contributed by atoms with E-state index in [0.29, 0.717) is 5.92 Å². The van der Waals surface area contributed by atoms with Gasteiger partial charge in [0.25, 0.3) is 0 Å². The first kappa shape index (κ1) is 14.3. The fourth-order valence-corrected chi connectivity index (χ4v) is 2.31. The normalized spacial score (nSPS) is 21.9. The van der Waals surface area contributed by atoms with E-state index in [4.69, 9.17) is 10.5 Å². The van der Waals surface area contributed by atoms with Gasteiger partial charge in [-0.05, 0) is 44.9 Å². The quantitative estimate of drug-likeness (QED) is 0.872. The van der Waals surface area contributed by atoms with Gasteiger partial charge in [-0.1, -0.05) is 22.0 Å². The van der Waals surface area contributed by atoms with Crippen LogP contribution in [0, 0.1) is 0 Å². The number of benzene rings is 1. The molecule has 1 aliphatic carbocycles. The zero-order chi connectivity index (χ0) is 14.2. The molecule has 1 amide bonds. The molecule has 0 aromatic heterocycles. The van der Waals surface area contributed by atoms with Crippen molar-refractivity contribution in [2.24, 2.45) is 5.73 Å². The van der Waals surface area contributed by atoms with Gasteiger partial charge in [0.2, 0.25) is 0 Å². The molecule has 104 valence electrons. The predicted molar refractivity (Wildman–Crippen MR) is 79.3 cm³/mol. The Morgan fingerprint density at radius 1 is 1.47 bits per heavy atom. The molecule has 0 heterocycles. The molecule has 0 radical (unpaired) electrons. The van der Waals surface area contributed by atoms with Crippen molar-refractivity contribution in [3.8, 4) is 0 Å². The van der Waals surface area contributed by atoms with Gasteiger partial charge in [0.15, 0.2) is 0 Å². The van der Waals surface area contributed by atoms with Crippen LogP contribution in [0.2, 0.25) is 0 Å². The van der Waals surface area contributed by atoms with Crippen molar-refractivity contribution in [1.82, 2.24) is 0 Å². The van der Waals surface area contributed by atoms with Crippen LogP contribution < -0.4 is 11.1 Å². The summed E-state index contributed by atoms with van der Waals surface area (Å²) in [6.07, 6.45) is 0.519. The number of carbonyl (C=O) groups excluding carboxylic acids is 1. The fourth-order valence-electron chi connectivity index (χ4n) is 1.95. The van der Waals surface area contributed by atoms with E-state index in [2.05, 4.69) is 21.2 Å². The number of halogens is 1. The van der Waals surface area contributed by atoms with Gasteiger partial charge in [0, 0.05) is 22.1 Å². The first-order chi connectivity index (χ1) is 8.76. The van der Waals surface area contributed by atoms with Crippen LogP contribution in [0.15, 0.2) is 22.7 Å². The maximum Gasteiger partial charge on any atom is 0.412 e. The van der Waals surface area contributed by atoms with Crippen LogP contribution in [0.3, 0.4) is 0 Å². The third kappa shape index (κ3) is 3.94. The van der Waals surface area contributed by atoms with Crippen LogP contribution in [0.25, 0.3) is 0 Å². The summed E-state index contributed by atoms with van der Waals surface area (Å²) >= 11 is 3.41. The van der Waals surface area contributed by atoms with Gasteiger partial charge in [-0.15, -0.1) is 0 Å². The first-order valence-electron chi connectivity index (χ1n) is 6.31. The Labute approximate surface area is 121 Å². The third-order valence-corrected chi connectivity index (χ3v) is 3.38. The summed E-state index contributed by atoms with van der Waals surface area (Å²) in [6, 6.07) is 6.03. The molecule has 1 aliphatic rings. The van der Waals surface area contributed by atoms with Gasteiger partial charge in [-0.2, -0.15) is 0 Å². The molecule has 1 saturated carbocycles. The van der Waals surface area contributed by atoms with Crippen LogP contribution in [0.5, 0.6) is 0 Å². The molecule has 0 spiro atoms. The van der Waals surface area contributed by atoms with Crippen molar-refractivity contribution in [2.45, 2.75) is 44.8 Å². The molecular weight excluding hydrogens is 308 g/mol. The van der Waals surface area contributed by atoms with E-state index >= 15 is 0 Å². The molecule has 5 heteroatoms. The zero-order valence-corrected chi connectivity index (χ0v) is 13.0. The molecule has 2 atom stereocenters. The van der Waals surface area contributed by atoms with Gasteiger partial charge in [0.05, 0.1) is 0 Å². The lowest BCUT2D eigenvalue weighted by atomic mass is 10.1. The van der Waals surface area contributed by atoms with Gasteiger partial charge in [-0.25, -0.2) is 4.79 Å². The molecule has 19 heavy (non-hydrogen) atoms. The summed E-state index contributed by atoms with van der Waals surface area (Å²) in [5, 5.41) is 2.80. The summed E-state index contributed by atoms with van der Waals surface area (Å²) in [4.78, 5) is 11.8. The highest BCUT2D eigenvalue weighted by molar-refractivity contribution is 9.10. The maximum atomic E-state index is 11.8. The van der Waals surface area contributed by atoms with E-state index in [9.17, 15) is 4.79 Å². The molecule has 3 N–H and O–H groups in total. The fraction of sp³-hybridized carbons (Fsp3) is 0.500. The Morgan fingerprint density at radius 2 is 2.11 bits per heavy atom. The molecule has 1 aromatic carbocycles. The Morgan fingerprint density at radius 3 is 2.63 bits per heavy atom. The number of rotatable bonds is 2. The Hall–Kier alpha value is -1.07. The standard InChI is InChI=1S/C14H19BrN2O2/c1-14(2,3)19-13(18)17-12-6-8(15)4-5-9(12)10-7-11(10)16/h4-6,10-11H,7,16H2,1-3H3,(H,17,18)/t10-,11+/m0/s1. The number of nitrogens with two attached hydrogens (primary N) is 1. The highest BCUT2D eigenvalue weighted by Gasteiger charge is 2.36. The Bertz CT molecular complexity index is 497. The number of hydrogen-bond donors (Lipinski definition) is 2. The van der Waals surface area contributed by atoms with Crippen LogP contribution in [-0.2, 0) is 4.74 Å². The number of ether oxygens (including phenoxy) is 1. The molecule has 4 nitrogen and oxygen atoms in total. The van der Waals surface area contributed by atoms with Crippen molar-refractivity contribution in [3.63, 3.8) is 0 Å². The maximum absolute atomic E-state index is 11.8. The highest BCUT2D eigenvalue weighted by atomic mass is 79.9. The largest absolute Gasteiger partial charge is 0.444 e. The van der Waals surface area contributed by atoms with E-state index in [0.717, 1.165) is 22.1 Å². The predicted octanol–water partition coefficient (Wildman–Crippen LogP) is 3.61. The lowest BCUT2D eigenvalue weighted by Crippen LogP contribution is -2.27. The number of amides is 1. The van der Waals surface area contributed by atoms with Crippen molar-refractivity contribution in [2.75, 3.05) is 5.32 Å². The van der Waals surface area contributed by atoms with Crippen molar-refractivity contribution in [3.05, 3.63) is 28.2 Å². The van der Waals surface area contributed by atoms with E-state index < -0.39 is 11.7 Å². The first-order valence-corrected chi connectivity index (χ1v) is 7.10. The van der Waals surface area contributed by atoms with Gasteiger partial charge in [-0.3, -0.25) is 5.32 Å². The summed E-state index contributed by atoms with van der Waals surface area (Å²) in [5.41, 5.74) is 7.21. The second-order valence-electron chi connectivity index (χ2n) is 5.86. The lowest BCUT2D eigenvalue weighted by molar-refractivity contribution is 0.0636. The molecule has 1 aromatic rings. The van der Waals surface area contributed by atoms with Crippen molar-refractivity contribution in [1.29, 1.82) is 0 Å². The molecule has 0 aliphatic heterocycles. The van der Waals surface area contributed by atoms with Gasteiger partial charge < -0.3 is 10.5 Å². The zero-order valence-electron chi connectivity index (χ0n) is 11.4. The molecule has 1 fully saturated rings. The number of anilines is 1. The Kier molecular flexibility index (Phi) is 3.87. The summed E-state index contributed by atoms with van der Waals surface area (Å²) in [5.74, 6) is 0.332. The SMILES string of the molecule is CC(C)(C)OC(=O)Nc1cc(Br)ccc1[C@@H]1C[C@H]1N. The van der Waals surface area contributed by atoms with Gasteiger partial charge in [0.1, 0.15) is 5.60 Å². The number of nitrogens with one attached hydrogen (secondary N) is 1. The molecule has 0 unspecified atom stereocenters. The minimum absolute atomic E-state index is 0.195. The van der Waals surface area contributed by atoms with E-state index in [-0.39, 0.29) is 6.04 Å². The number of hydrogen-bond acceptors (Lipinski definition) is 3. The Balaban J connectivity index is 2.15. The third-order valence-electron chi connectivity index (χ3n) is 2.89. The average molecular weight is 327 g/mol. The summed E-state index contributed by atoms with van der Waals surface area (Å²) in [7, 11) is 0. The van der Waals surface area contributed by atoms with Crippen LogP contribution >= 0.6 is 15.9 Å². The van der Waals surface area contributed by atoms with E-state index in [1.807, 2.05) is 39.0 Å². The topological polar surface area (TPSA) is 64.3 Å². The summed E-state index contributed by atoms with van der Waals surface area (Å²) < 4.78 is 6.18. The van der Waals surface area contributed by atoms with E-state index in [1.165, 1.54) is 0 Å². The van der Waals surface area contributed by atoms with Crippen LogP contribution in [0.4, 0.5) is 10.5 Å².